The average molecular weight is 316 g/mol. The summed E-state index contributed by atoms with van der Waals surface area (Å²) in [6.45, 7) is 2.21. The summed E-state index contributed by atoms with van der Waals surface area (Å²) in [5.41, 5.74) is 0.719. The Labute approximate surface area is 132 Å². The quantitative estimate of drug-likeness (QED) is 0.687. The highest BCUT2D eigenvalue weighted by Crippen LogP contribution is 2.16. The highest BCUT2D eigenvalue weighted by molar-refractivity contribution is 5.75. The van der Waals surface area contributed by atoms with Crippen LogP contribution in [-0.2, 0) is 17.8 Å². The van der Waals surface area contributed by atoms with E-state index in [4.69, 9.17) is 13.5 Å². The molecule has 1 amide bonds. The number of amides is 1. The number of aryl methyl sites for hydroxylation is 2. The summed E-state index contributed by atoms with van der Waals surface area (Å²) in [6, 6.07) is 5.29. The van der Waals surface area contributed by atoms with Crippen molar-refractivity contribution in [2.24, 2.45) is 0 Å². The van der Waals surface area contributed by atoms with Crippen molar-refractivity contribution in [2.75, 3.05) is 7.05 Å². The molecule has 0 aliphatic carbocycles. The maximum absolute atomic E-state index is 12.1. The Balaban J connectivity index is 1.52. The second-order valence-corrected chi connectivity index (χ2v) is 5.17. The first kappa shape index (κ1) is 15.0. The zero-order valence-corrected chi connectivity index (χ0v) is 12.9. The summed E-state index contributed by atoms with van der Waals surface area (Å²) >= 11 is 0. The Morgan fingerprint density at radius 3 is 2.87 bits per heavy atom. The molecule has 0 unspecified atom stereocenters. The number of nitrogens with zero attached hydrogens (tertiary/aromatic N) is 4. The third-order valence-corrected chi connectivity index (χ3v) is 3.26. The van der Waals surface area contributed by atoms with Gasteiger partial charge in [0.1, 0.15) is 11.5 Å². The van der Waals surface area contributed by atoms with Crippen molar-refractivity contribution in [2.45, 2.75) is 26.3 Å². The fourth-order valence-electron chi connectivity index (χ4n) is 2.09. The number of carbonyl (C=O) groups excluding carboxylic acids is 1. The Hall–Kier alpha value is -2.90. The molecule has 0 saturated heterocycles. The van der Waals surface area contributed by atoms with Crippen LogP contribution in [0.4, 0.5) is 0 Å². The van der Waals surface area contributed by atoms with Crippen molar-refractivity contribution in [3.8, 4) is 11.6 Å². The van der Waals surface area contributed by atoms with Crippen LogP contribution in [-0.4, -0.2) is 33.2 Å². The summed E-state index contributed by atoms with van der Waals surface area (Å²) < 4.78 is 15.3. The fraction of sp³-hybridized carbons (Fsp3) is 0.333. The molecule has 0 aromatic carbocycles. The molecule has 0 bridgehead atoms. The number of hydrogen-bond donors (Lipinski definition) is 0. The molecule has 0 spiro atoms. The van der Waals surface area contributed by atoms with Crippen LogP contribution >= 0.6 is 0 Å². The molecule has 0 radical (unpaired) electrons. The monoisotopic (exact) mass is 316 g/mol. The third kappa shape index (κ3) is 3.65. The van der Waals surface area contributed by atoms with E-state index in [1.54, 1.807) is 30.1 Å². The topological polar surface area (TPSA) is 98.4 Å². The number of hydrogen-bond acceptors (Lipinski definition) is 7. The van der Waals surface area contributed by atoms with Crippen LogP contribution in [0, 0.1) is 6.92 Å². The van der Waals surface area contributed by atoms with Gasteiger partial charge in [0.05, 0.1) is 12.8 Å². The zero-order chi connectivity index (χ0) is 16.2. The maximum Gasteiger partial charge on any atom is 0.238 e. The highest BCUT2D eigenvalue weighted by atomic mass is 16.5. The van der Waals surface area contributed by atoms with Crippen molar-refractivity contribution in [3.63, 3.8) is 0 Å². The number of furan rings is 1. The van der Waals surface area contributed by atoms with Crippen LogP contribution < -0.4 is 0 Å². The minimum absolute atomic E-state index is 0.0385. The lowest BCUT2D eigenvalue weighted by Gasteiger charge is -2.14. The van der Waals surface area contributed by atoms with Crippen molar-refractivity contribution in [3.05, 3.63) is 41.8 Å². The van der Waals surface area contributed by atoms with Gasteiger partial charge in [-0.2, -0.15) is 4.98 Å². The number of rotatable bonds is 6. The summed E-state index contributed by atoms with van der Waals surface area (Å²) in [5.74, 6) is 1.99. The Morgan fingerprint density at radius 2 is 2.17 bits per heavy atom. The molecule has 0 atom stereocenters. The second kappa shape index (κ2) is 6.47. The number of carbonyl (C=O) groups is 1. The van der Waals surface area contributed by atoms with Gasteiger partial charge in [-0.1, -0.05) is 10.3 Å². The molecule has 8 heteroatoms. The van der Waals surface area contributed by atoms with Crippen LogP contribution in [0.25, 0.3) is 11.6 Å². The largest absolute Gasteiger partial charge is 0.461 e. The molecule has 3 rings (SSSR count). The van der Waals surface area contributed by atoms with Crippen molar-refractivity contribution < 1.29 is 18.3 Å². The summed E-state index contributed by atoms with van der Waals surface area (Å²) in [7, 11) is 1.72. The smallest absolute Gasteiger partial charge is 0.238 e. The van der Waals surface area contributed by atoms with Gasteiger partial charge in [-0.15, -0.1) is 0 Å². The lowest BCUT2D eigenvalue weighted by Crippen LogP contribution is -2.26. The zero-order valence-electron chi connectivity index (χ0n) is 12.9. The summed E-state index contributed by atoms with van der Waals surface area (Å²) in [5, 5.41) is 7.69. The molecule has 3 heterocycles. The molecule has 23 heavy (non-hydrogen) atoms. The molecule has 8 nitrogen and oxygen atoms in total. The SMILES string of the molecule is Cc1cc(CN(C)C(=O)CCc2nc(-c3ccco3)no2)no1. The first-order valence-electron chi connectivity index (χ1n) is 7.14. The minimum atomic E-state index is -0.0385. The molecule has 0 N–H and O–H groups in total. The van der Waals surface area contributed by atoms with Gasteiger partial charge >= 0.3 is 0 Å². The molecule has 3 aromatic rings. The lowest BCUT2D eigenvalue weighted by atomic mass is 10.2. The standard InChI is InChI=1S/C15H16N4O4/c1-10-8-11(17-22-10)9-19(2)14(20)6-5-13-16-15(18-23-13)12-4-3-7-21-12/h3-4,7-8H,5-6,9H2,1-2H3. The van der Waals surface area contributed by atoms with Crippen molar-refractivity contribution in [1.29, 1.82) is 0 Å². The fourth-order valence-corrected chi connectivity index (χ4v) is 2.09. The molecule has 0 fully saturated rings. The van der Waals surface area contributed by atoms with E-state index in [0.29, 0.717) is 30.4 Å². The van der Waals surface area contributed by atoms with Crippen molar-refractivity contribution >= 4 is 5.91 Å². The molecular formula is C15H16N4O4. The first-order valence-corrected chi connectivity index (χ1v) is 7.14. The van der Waals surface area contributed by atoms with Crippen LogP contribution in [0.1, 0.15) is 23.8 Å². The van der Waals surface area contributed by atoms with Gasteiger partial charge in [-0.05, 0) is 19.1 Å². The van der Waals surface area contributed by atoms with E-state index in [-0.39, 0.29) is 12.3 Å². The molecule has 0 saturated carbocycles. The minimum Gasteiger partial charge on any atom is -0.461 e. The van der Waals surface area contributed by atoms with E-state index in [0.717, 1.165) is 11.5 Å². The van der Waals surface area contributed by atoms with E-state index in [1.165, 1.54) is 6.26 Å². The van der Waals surface area contributed by atoms with E-state index in [2.05, 4.69) is 15.3 Å². The number of aromatic nitrogens is 3. The Bertz CT molecular complexity index is 775. The van der Waals surface area contributed by atoms with E-state index < -0.39 is 0 Å². The van der Waals surface area contributed by atoms with Gasteiger partial charge in [0.25, 0.3) is 0 Å². The van der Waals surface area contributed by atoms with Gasteiger partial charge in [0, 0.05) is 26.0 Å². The van der Waals surface area contributed by atoms with Crippen LogP contribution in [0.2, 0.25) is 0 Å². The summed E-state index contributed by atoms with van der Waals surface area (Å²) in [4.78, 5) is 17.9. The molecule has 0 aliphatic rings. The molecule has 3 aromatic heterocycles. The van der Waals surface area contributed by atoms with Crippen LogP contribution in [0.3, 0.4) is 0 Å². The Kier molecular flexibility index (Phi) is 4.22. The summed E-state index contributed by atoms with van der Waals surface area (Å²) in [6.07, 6.45) is 2.18. The second-order valence-electron chi connectivity index (χ2n) is 5.17. The van der Waals surface area contributed by atoms with E-state index in [9.17, 15) is 4.79 Å². The third-order valence-electron chi connectivity index (χ3n) is 3.26. The lowest BCUT2D eigenvalue weighted by molar-refractivity contribution is -0.130. The van der Waals surface area contributed by atoms with Crippen molar-refractivity contribution in [1.82, 2.24) is 20.2 Å². The Morgan fingerprint density at radius 1 is 1.30 bits per heavy atom. The average Bonchev–Trinajstić information content (AvgIpc) is 3.26. The predicted octanol–water partition coefficient (Wildman–Crippen LogP) is 2.22. The van der Waals surface area contributed by atoms with Gasteiger partial charge < -0.3 is 18.4 Å². The molecule has 0 aliphatic heterocycles. The van der Waals surface area contributed by atoms with E-state index >= 15 is 0 Å². The van der Waals surface area contributed by atoms with Gasteiger partial charge in [0.15, 0.2) is 5.76 Å². The normalized spacial score (nSPS) is 10.9. The van der Waals surface area contributed by atoms with Gasteiger partial charge in [-0.3, -0.25) is 4.79 Å². The first-order chi connectivity index (χ1) is 11.1. The van der Waals surface area contributed by atoms with Gasteiger partial charge in [0.2, 0.25) is 17.6 Å². The van der Waals surface area contributed by atoms with Crippen LogP contribution in [0.15, 0.2) is 37.9 Å². The van der Waals surface area contributed by atoms with E-state index in [1.807, 2.05) is 6.92 Å². The maximum atomic E-state index is 12.1. The highest BCUT2D eigenvalue weighted by Gasteiger charge is 2.15. The van der Waals surface area contributed by atoms with Crippen LogP contribution in [0.5, 0.6) is 0 Å². The van der Waals surface area contributed by atoms with Gasteiger partial charge in [-0.25, -0.2) is 0 Å². The molecular weight excluding hydrogens is 300 g/mol. The molecule has 120 valence electrons. The predicted molar refractivity (Wildman–Crippen MR) is 78.0 cm³/mol.